The SMILES string of the molecule is NS(=O)(=O)c1cncc(-c2nc(NCc3ccccc3)c3c(C4=CCOCC4)ccn3n2)c1. The first kappa shape index (κ1) is 21.3. The quantitative estimate of drug-likeness (QED) is 0.451. The summed E-state index contributed by atoms with van der Waals surface area (Å²) in [6.45, 7) is 1.81. The first-order valence-corrected chi connectivity index (χ1v) is 12.0. The Morgan fingerprint density at radius 1 is 1.15 bits per heavy atom. The lowest BCUT2D eigenvalue weighted by Crippen LogP contribution is -2.13. The Kier molecular flexibility index (Phi) is 5.63. The lowest BCUT2D eigenvalue weighted by molar-refractivity contribution is 0.161. The van der Waals surface area contributed by atoms with E-state index in [1.165, 1.54) is 24.0 Å². The molecule has 3 aromatic heterocycles. The third-order valence-corrected chi connectivity index (χ3v) is 6.30. The molecule has 33 heavy (non-hydrogen) atoms. The molecule has 1 aliphatic rings. The summed E-state index contributed by atoms with van der Waals surface area (Å²) in [6, 6.07) is 13.4. The predicted octanol–water partition coefficient (Wildman–Crippen LogP) is 2.85. The monoisotopic (exact) mass is 462 g/mol. The molecule has 0 bridgehead atoms. The smallest absolute Gasteiger partial charge is 0.239 e. The summed E-state index contributed by atoms with van der Waals surface area (Å²) >= 11 is 0. The maximum absolute atomic E-state index is 11.8. The van der Waals surface area contributed by atoms with Crippen LogP contribution in [-0.4, -0.2) is 41.2 Å². The van der Waals surface area contributed by atoms with Gasteiger partial charge in [-0.25, -0.2) is 23.1 Å². The van der Waals surface area contributed by atoms with Crippen molar-refractivity contribution in [2.45, 2.75) is 17.9 Å². The predicted molar refractivity (Wildman–Crippen MR) is 125 cm³/mol. The zero-order valence-electron chi connectivity index (χ0n) is 17.7. The molecule has 10 heteroatoms. The molecule has 1 aromatic carbocycles. The molecular weight excluding hydrogens is 440 g/mol. The van der Waals surface area contributed by atoms with Crippen LogP contribution in [0.2, 0.25) is 0 Å². The first-order valence-electron chi connectivity index (χ1n) is 10.4. The maximum atomic E-state index is 11.8. The van der Waals surface area contributed by atoms with E-state index in [0.717, 1.165) is 23.1 Å². The van der Waals surface area contributed by atoms with Crippen LogP contribution < -0.4 is 10.5 Å². The Balaban J connectivity index is 1.63. The van der Waals surface area contributed by atoms with E-state index in [0.29, 0.717) is 37.0 Å². The van der Waals surface area contributed by atoms with Crippen LogP contribution in [0.5, 0.6) is 0 Å². The molecule has 0 saturated carbocycles. The number of rotatable bonds is 6. The van der Waals surface area contributed by atoms with Gasteiger partial charge in [-0.3, -0.25) is 4.98 Å². The second kappa shape index (κ2) is 8.74. The number of sulfonamides is 1. The second-order valence-corrected chi connectivity index (χ2v) is 9.22. The molecule has 3 N–H and O–H groups in total. The number of benzene rings is 1. The van der Waals surface area contributed by atoms with Crippen LogP contribution in [-0.2, 0) is 21.3 Å². The Labute approximate surface area is 191 Å². The number of ether oxygens (including phenoxy) is 1. The number of nitrogens with zero attached hydrogens (tertiary/aromatic N) is 4. The average molecular weight is 463 g/mol. The van der Waals surface area contributed by atoms with E-state index in [1.54, 1.807) is 4.52 Å². The third kappa shape index (κ3) is 4.49. The molecular formula is C23H22N6O3S. The van der Waals surface area contributed by atoms with E-state index >= 15 is 0 Å². The molecule has 0 fully saturated rings. The topological polar surface area (TPSA) is 125 Å². The molecule has 0 aliphatic carbocycles. The van der Waals surface area contributed by atoms with Gasteiger partial charge in [0.2, 0.25) is 10.0 Å². The van der Waals surface area contributed by atoms with E-state index in [2.05, 4.69) is 21.5 Å². The fraction of sp³-hybridized carbons (Fsp3) is 0.174. The molecule has 9 nitrogen and oxygen atoms in total. The molecule has 5 rings (SSSR count). The van der Waals surface area contributed by atoms with E-state index in [4.69, 9.17) is 14.9 Å². The van der Waals surface area contributed by atoms with Crippen molar-refractivity contribution in [3.05, 3.63) is 78.3 Å². The number of nitrogens with two attached hydrogens (primary N) is 1. The number of pyridine rings is 1. The number of fused-ring (bicyclic) bond motifs is 1. The Morgan fingerprint density at radius 2 is 2.00 bits per heavy atom. The zero-order valence-corrected chi connectivity index (χ0v) is 18.5. The summed E-state index contributed by atoms with van der Waals surface area (Å²) in [7, 11) is -3.90. The van der Waals surface area contributed by atoms with Crippen molar-refractivity contribution in [1.82, 2.24) is 19.6 Å². The van der Waals surface area contributed by atoms with Gasteiger partial charge in [-0.15, -0.1) is 5.10 Å². The van der Waals surface area contributed by atoms with Crippen LogP contribution in [0.3, 0.4) is 0 Å². The molecule has 0 saturated heterocycles. The van der Waals surface area contributed by atoms with Gasteiger partial charge in [0.15, 0.2) is 11.6 Å². The minimum Gasteiger partial charge on any atom is -0.377 e. The van der Waals surface area contributed by atoms with Crippen molar-refractivity contribution in [2.75, 3.05) is 18.5 Å². The summed E-state index contributed by atoms with van der Waals surface area (Å²) in [6.07, 6.45) is 7.48. The molecule has 1 aliphatic heterocycles. The van der Waals surface area contributed by atoms with Gasteiger partial charge in [0.05, 0.1) is 13.2 Å². The highest BCUT2D eigenvalue weighted by molar-refractivity contribution is 7.89. The maximum Gasteiger partial charge on any atom is 0.239 e. The minimum atomic E-state index is -3.90. The summed E-state index contributed by atoms with van der Waals surface area (Å²) in [5.74, 6) is 0.969. The number of aromatic nitrogens is 4. The number of hydrogen-bond donors (Lipinski definition) is 2. The van der Waals surface area contributed by atoms with Gasteiger partial charge >= 0.3 is 0 Å². The molecule has 4 aromatic rings. The van der Waals surface area contributed by atoms with Crippen molar-refractivity contribution < 1.29 is 13.2 Å². The zero-order chi connectivity index (χ0) is 22.8. The van der Waals surface area contributed by atoms with Crippen LogP contribution >= 0.6 is 0 Å². The molecule has 0 unspecified atom stereocenters. The van der Waals surface area contributed by atoms with Crippen molar-refractivity contribution >= 4 is 26.9 Å². The number of nitrogens with one attached hydrogen (secondary N) is 1. The average Bonchev–Trinajstić information content (AvgIpc) is 3.28. The van der Waals surface area contributed by atoms with Gasteiger partial charge < -0.3 is 10.1 Å². The van der Waals surface area contributed by atoms with Crippen LogP contribution in [0.1, 0.15) is 17.5 Å². The first-order chi connectivity index (χ1) is 16.0. The largest absolute Gasteiger partial charge is 0.377 e. The normalized spacial score (nSPS) is 14.3. The van der Waals surface area contributed by atoms with Crippen molar-refractivity contribution in [1.29, 1.82) is 0 Å². The summed E-state index contributed by atoms with van der Waals surface area (Å²) in [5, 5.41) is 13.3. The van der Waals surface area contributed by atoms with Gasteiger partial charge in [-0.05, 0) is 29.7 Å². The Hall–Kier alpha value is -3.60. The highest BCUT2D eigenvalue weighted by atomic mass is 32.2. The van der Waals surface area contributed by atoms with Crippen LogP contribution in [0.4, 0.5) is 5.82 Å². The fourth-order valence-electron chi connectivity index (χ4n) is 3.78. The number of anilines is 1. The van der Waals surface area contributed by atoms with E-state index in [9.17, 15) is 8.42 Å². The van der Waals surface area contributed by atoms with Crippen molar-refractivity contribution in [2.24, 2.45) is 5.14 Å². The molecule has 0 spiro atoms. The van der Waals surface area contributed by atoms with Crippen molar-refractivity contribution in [3.8, 4) is 11.4 Å². The molecule has 0 radical (unpaired) electrons. The summed E-state index contributed by atoms with van der Waals surface area (Å²) < 4.78 is 30.8. The standard InChI is InChI=1S/C23H22N6O3S/c24-33(30,31)19-12-18(14-25-15-19)22-27-23(26-13-16-4-2-1-3-5-16)21-20(6-9-29(21)28-22)17-7-10-32-11-8-17/h1-7,9,12,14-15H,8,10-11,13H2,(H2,24,30,31)(H,26,27,28). The number of primary sulfonamides is 1. The Bertz CT molecular complexity index is 1450. The molecule has 0 amide bonds. The highest BCUT2D eigenvalue weighted by Gasteiger charge is 2.19. The third-order valence-electron chi connectivity index (χ3n) is 5.42. The van der Waals surface area contributed by atoms with Gasteiger partial charge in [-0.1, -0.05) is 36.4 Å². The molecule has 0 atom stereocenters. The number of hydrogen-bond acceptors (Lipinski definition) is 7. The lowest BCUT2D eigenvalue weighted by atomic mass is 10.0. The highest BCUT2D eigenvalue weighted by Crippen LogP contribution is 2.31. The van der Waals surface area contributed by atoms with Crippen LogP contribution in [0.15, 0.2) is 72.0 Å². The second-order valence-electron chi connectivity index (χ2n) is 7.65. The van der Waals surface area contributed by atoms with Crippen LogP contribution in [0.25, 0.3) is 22.5 Å². The van der Waals surface area contributed by atoms with Gasteiger partial charge in [0.25, 0.3) is 0 Å². The lowest BCUT2D eigenvalue weighted by Gasteiger charge is -2.15. The fourth-order valence-corrected chi connectivity index (χ4v) is 4.28. The van der Waals surface area contributed by atoms with Gasteiger partial charge in [0, 0.05) is 36.3 Å². The van der Waals surface area contributed by atoms with Gasteiger partial charge in [0.1, 0.15) is 10.4 Å². The minimum absolute atomic E-state index is 0.0944. The van der Waals surface area contributed by atoms with Crippen molar-refractivity contribution in [3.63, 3.8) is 0 Å². The van der Waals surface area contributed by atoms with E-state index in [1.807, 2.05) is 42.6 Å². The summed E-state index contributed by atoms with van der Waals surface area (Å²) in [5.41, 5.74) is 4.62. The van der Waals surface area contributed by atoms with Crippen LogP contribution in [0, 0.1) is 0 Å². The Morgan fingerprint density at radius 3 is 2.76 bits per heavy atom. The van der Waals surface area contributed by atoms with E-state index in [-0.39, 0.29) is 4.90 Å². The molecule has 4 heterocycles. The summed E-state index contributed by atoms with van der Waals surface area (Å²) in [4.78, 5) is 8.68. The van der Waals surface area contributed by atoms with E-state index < -0.39 is 10.0 Å². The van der Waals surface area contributed by atoms with Gasteiger partial charge in [-0.2, -0.15) is 0 Å². The molecule has 168 valence electrons.